The highest BCUT2D eigenvalue weighted by atomic mass is 127. The van der Waals surface area contributed by atoms with Crippen molar-refractivity contribution in [3.05, 3.63) is 17.5 Å². The van der Waals surface area contributed by atoms with Crippen molar-refractivity contribution in [2.24, 2.45) is 4.99 Å². The van der Waals surface area contributed by atoms with Crippen molar-refractivity contribution in [2.75, 3.05) is 13.6 Å². The first-order valence-electron chi connectivity index (χ1n) is 7.19. The predicted molar refractivity (Wildman–Crippen MR) is 93.6 cm³/mol. The van der Waals surface area contributed by atoms with Crippen LogP contribution in [0.2, 0.25) is 0 Å². The number of aliphatic imine (C=N–C) groups is 1. The summed E-state index contributed by atoms with van der Waals surface area (Å²) in [6.07, 6.45) is 5.90. The first-order chi connectivity index (χ1) is 9.30. The van der Waals surface area contributed by atoms with Crippen molar-refractivity contribution < 1.29 is 4.52 Å². The van der Waals surface area contributed by atoms with Crippen LogP contribution in [0.5, 0.6) is 0 Å². The number of nitrogens with zero attached hydrogens (tertiary/aromatic N) is 2. The van der Waals surface area contributed by atoms with Gasteiger partial charge in [0.05, 0.1) is 12.2 Å². The van der Waals surface area contributed by atoms with E-state index in [-0.39, 0.29) is 24.0 Å². The SMILES string of the molecule is CCCCCCNC(=NC)NCc1cc(CC)no1.I. The molecule has 0 aromatic carbocycles. The van der Waals surface area contributed by atoms with Crippen molar-refractivity contribution in [2.45, 2.75) is 52.5 Å². The number of hydrogen-bond acceptors (Lipinski definition) is 3. The summed E-state index contributed by atoms with van der Waals surface area (Å²) in [5.41, 5.74) is 0.985. The quantitative estimate of drug-likeness (QED) is 0.308. The zero-order chi connectivity index (χ0) is 13.9. The zero-order valence-corrected chi connectivity index (χ0v) is 15.1. The van der Waals surface area contributed by atoms with E-state index in [1.165, 1.54) is 25.7 Å². The van der Waals surface area contributed by atoms with Crippen molar-refractivity contribution in [3.8, 4) is 0 Å². The second kappa shape index (κ2) is 12.0. The molecule has 0 radical (unpaired) electrons. The molecule has 0 saturated heterocycles. The minimum atomic E-state index is 0. The number of guanidine groups is 1. The average molecular weight is 394 g/mol. The lowest BCUT2D eigenvalue weighted by molar-refractivity contribution is 0.374. The van der Waals surface area contributed by atoms with E-state index in [9.17, 15) is 0 Å². The predicted octanol–water partition coefficient (Wildman–Crippen LogP) is 3.10. The van der Waals surface area contributed by atoms with E-state index in [0.717, 1.165) is 30.4 Å². The Bertz CT molecular complexity index is 379. The van der Waals surface area contributed by atoms with Gasteiger partial charge < -0.3 is 15.2 Å². The van der Waals surface area contributed by atoms with Crippen LogP contribution >= 0.6 is 24.0 Å². The molecular formula is C14H27IN4O. The summed E-state index contributed by atoms with van der Waals surface area (Å²) < 4.78 is 5.21. The number of halogens is 1. The summed E-state index contributed by atoms with van der Waals surface area (Å²) in [5.74, 6) is 1.65. The molecule has 0 aliphatic carbocycles. The average Bonchev–Trinajstić information content (AvgIpc) is 2.90. The molecule has 0 spiro atoms. The summed E-state index contributed by atoms with van der Waals surface area (Å²) in [5, 5.41) is 10.5. The lowest BCUT2D eigenvalue weighted by Gasteiger charge is -2.10. The maximum atomic E-state index is 5.21. The summed E-state index contributed by atoms with van der Waals surface area (Å²) in [4.78, 5) is 4.18. The molecule has 1 aromatic heterocycles. The molecule has 0 unspecified atom stereocenters. The minimum Gasteiger partial charge on any atom is -0.359 e. The van der Waals surface area contributed by atoms with Crippen LogP contribution in [-0.4, -0.2) is 24.7 Å². The first kappa shape index (κ1) is 19.2. The Morgan fingerprint density at radius 1 is 1.25 bits per heavy atom. The molecule has 1 heterocycles. The highest BCUT2D eigenvalue weighted by Gasteiger charge is 2.03. The van der Waals surface area contributed by atoms with Gasteiger partial charge in [-0.2, -0.15) is 0 Å². The molecule has 0 aliphatic heterocycles. The van der Waals surface area contributed by atoms with E-state index in [1.807, 2.05) is 6.07 Å². The molecule has 0 aliphatic rings. The minimum absolute atomic E-state index is 0. The Balaban J connectivity index is 0.00000361. The van der Waals surface area contributed by atoms with E-state index >= 15 is 0 Å². The lowest BCUT2D eigenvalue weighted by Crippen LogP contribution is -2.37. The van der Waals surface area contributed by atoms with Crippen molar-refractivity contribution >= 4 is 29.9 Å². The third-order valence-electron chi connectivity index (χ3n) is 2.95. The van der Waals surface area contributed by atoms with E-state index in [1.54, 1.807) is 7.05 Å². The van der Waals surface area contributed by atoms with Crippen LogP contribution < -0.4 is 10.6 Å². The Morgan fingerprint density at radius 2 is 2.05 bits per heavy atom. The second-order valence-electron chi connectivity index (χ2n) is 4.55. The molecule has 6 heteroatoms. The van der Waals surface area contributed by atoms with Crippen LogP contribution in [0.15, 0.2) is 15.6 Å². The molecule has 116 valence electrons. The summed E-state index contributed by atoms with van der Waals surface area (Å²) in [6, 6.07) is 1.97. The second-order valence-corrected chi connectivity index (χ2v) is 4.55. The van der Waals surface area contributed by atoms with E-state index in [4.69, 9.17) is 4.52 Å². The van der Waals surface area contributed by atoms with Gasteiger partial charge in [0.25, 0.3) is 0 Å². The Morgan fingerprint density at radius 3 is 2.65 bits per heavy atom. The van der Waals surface area contributed by atoms with Crippen LogP contribution in [0.25, 0.3) is 0 Å². The maximum Gasteiger partial charge on any atom is 0.191 e. The fraction of sp³-hybridized carbons (Fsp3) is 0.714. The zero-order valence-electron chi connectivity index (χ0n) is 12.7. The summed E-state index contributed by atoms with van der Waals surface area (Å²) in [7, 11) is 1.78. The molecule has 20 heavy (non-hydrogen) atoms. The van der Waals surface area contributed by atoms with E-state index in [0.29, 0.717) is 6.54 Å². The number of aromatic nitrogens is 1. The smallest absolute Gasteiger partial charge is 0.191 e. The largest absolute Gasteiger partial charge is 0.359 e. The van der Waals surface area contributed by atoms with Gasteiger partial charge in [0.1, 0.15) is 0 Å². The van der Waals surface area contributed by atoms with E-state index < -0.39 is 0 Å². The molecule has 1 aromatic rings. The van der Waals surface area contributed by atoms with Crippen molar-refractivity contribution in [3.63, 3.8) is 0 Å². The van der Waals surface area contributed by atoms with Gasteiger partial charge in [0, 0.05) is 19.7 Å². The van der Waals surface area contributed by atoms with Crippen LogP contribution in [-0.2, 0) is 13.0 Å². The topological polar surface area (TPSA) is 62.5 Å². The van der Waals surface area contributed by atoms with Gasteiger partial charge in [-0.1, -0.05) is 38.3 Å². The Labute approximate surface area is 139 Å². The van der Waals surface area contributed by atoms with Crippen LogP contribution in [0.1, 0.15) is 51.0 Å². The molecule has 0 bridgehead atoms. The maximum absolute atomic E-state index is 5.21. The van der Waals surface area contributed by atoms with Gasteiger partial charge in [-0.05, 0) is 12.8 Å². The molecule has 2 N–H and O–H groups in total. The molecular weight excluding hydrogens is 367 g/mol. The highest BCUT2D eigenvalue weighted by Crippen LogP contribution is 2.03. The van der Waals surface area contributed by atoms with Crippen LogP contribution in [0.3, 0.4) is 0 Å². The van der Waals surface area contributed by atoms with Crippen LogP contribution in [0.4, 0.5) is 0 Å². The summed E-state index contributed by atoms with van der Waals surface area (Å²) >= 11 is 0. The number of nitrogens with one attached hydrogen (secondary N) is 2. The first-order valence-corrected chi connectivity index (χ1v) is 7.19. The summed E-state index contributed by atoms with van der Waals surface area (Å²) in [6.45, 7) is 5.85. The fourth-order valence-electron chi connectivity index (χ4n) is 1.76. The number of rotatable bonds is 8. The van der Waals surface area contributed by atoms with Crippen LogP contribution in [0, 0.1) is 0 Å². The van der Waals surface area contributed by atoms with Gasteiger partial charge in [-0.3, -0.25) is 4.99 Å². The molecule has 0 saturated carbocycles. The van der Waals surface area contributed by atoms with Gasteiger partial charge in [0.2, 0.25) is 0 Å². The Kier molecular flexibility index (Phi) is 11.5. The number of aryl methyl sites for hydroxylation is 1. The molecule has 5 nitrogen and oxygen atoms in total. The standard InChI is InChI=1S/C14H26N4O.HI/c1-4-6-7-8-9-16-14(15-3)17-11-13-10-12(5-2)18-19-13;/h10H,4-9,11H2,1-3H3,(H2,15,16,17);1H. The number of hydrogen-bond donors (Lipinski definition) is 2. The Hall–Kier alpha value is -0.790. The van der Waals surface area contributed by atoms with Gasteiger partial charge in [-0.15, -0.1) is 24.0 Å². The molecule has 0 fully saturated rings. The third-order valence-corrected chi connectivity index (χ3v) is 2.95. The molecule has 0 amide bonds. The van der Waals surface area contributed by atoms with E-state index in [2.05, 4.69) is 34.6 Å². The fourth-order valence-corrected chi connectivity index (χ4v) is 1.76. The van der Waals surface area contributed by atoms with Gasteiger partial charge in [0.15, 0.2) is 11.7 Å². The highest BCUT2D eigenvalue weighted by molar-refractivity contribution is 14.0. The third kappa shape index (κ3) is 7.72. The normalized spacial score (nSPS) is 11.1. The molecule has 1 rings (SSSR count). The van der Waals surface area contributed by atoms with Gasteiger partial charge in [-0.25, -0.2) is 0 Å². The van der Waals surface area contributed by atoms with Gasteiger partial charge >= 0.3 is 0 Å². The lowest BCUT2D eigenvalue weighted by atomic mass is 10.2. The monoisotopic (exact) mass is 394 g/mol. The number of unbranched alkanes of at least 4 members (excludes halogenated alkanes) is 3. The van der Waals surface area contributed by atoms with Crippen molar-refractivity contribution in [1.29, 1.82) is 0 Å². The molecule has 0 atom stereocenters. The van der Waals surface area contributed by atoms with Crippen molar-refractivity contribution in [1.82, 2.24) is 15.8 Å².